The summed E-state index contributed by atoms with van der Waals surface area (Å²) in [6.07, 6.45) is 3.72. The number of morpholine rings is 1. The maximum Gasteiger partial charge on any atom is 0.273 e. The lowest BCUT2D eigenvalue weighted by atomic mass is 10.1. The molecule has 12 heteroatoms. The Kier molecular flexibility index (Phi) is 6.94. The summed E-state index contributed by atoms with van der Waals surface area (Å²) in [6.45, 7) is 3.55. The zero-order valence-electron chi connectivity index (χ0n) is 20.0. The molecule has 1 atom stereocenters. The number of carbonyl (C=O) groups is 3. The molecule has 2 aromatic rings. The number of likely N-dealkylation sites (tertiary alicyclic amines) is 1. The van der Waals surface area contributed by atoms with Gasteiger partial charge in [0, 0.05) is 49.4 Å². The van der Waals surface area contributed by atoms with Gasteiger partial charge in [-0.25, -0.2) is 0 Å². The van der Waals surface area contributed by atoms with E-state index in [1.807, 2.05) is 4.90 Å². The van der Waals surface area contributed by atoms with Crippen LogP contribution in [0.4, 0.5) is 17.5 Å². The van der Waals surface area contributed by atoms with Crippen molar-refractivity contribution in [1.29, 1.82) is 0 Å². The van der Waals surface area contributed by atoms with Gasteiger partial charge in [0.15, 0.2) is 11.5 Å². The smallest absolute Gasteiger partial charge is 0.273 e. The van der Waals surface area contributed by atoms with Crippen molar-refractivity contribution in [2.45, 2.75) is 31.7 Å². The highest BCUT2D eigenvalue weighted by atomic mass is 16.5. The molecule has 12 nitrogen and oxygen atoms in total. The number of benzene rings is 1. The summed E-state index contributed by atoms with van der Waals surface area (Å²) in [5.74, 6) is -0.00620. The largest absolute Gasteiger partial charge is 0.378 e. The van der Waals surface area contributed by atoms with Crippen molar-refractivity contribution in [3.8, 4) is 0 Å². The van der Waals surface area contributed by atoms with Crippen molar-refractivity contribution >= 4 is 35.2 Å². The lowest BCUT2D eigenvalue weighted by Gasteiger charge is -2.33. The van der Waals surface area contributed by atoms with Crippen molar-refractivity contribution in [2.75, 3.05) is 50.0 Å². The van der Waals surface area contributed by atoms with Crippen molar-refractivity contribution in [3.63, 3.8) is 0 Å². The van der Waals surface area contributed by atoms with E-state index < -0.39 is 5.91 Å². The normalized spacial score (nSPS) is 20.1. The summed E-state index contributed by atoms with van der Waals surface area (Å²) >= 11 is 0. The first-order valence-corrected chi connectivity index (χ1v) is 12.3. The van der Waals surface area contributed by atoms with Gasteiger partial charge < -0.3 is 30.9 Å². The van der Waals surface area contributed by atoms with Crippen molar-refractivity contribution in [2.24, 2.45) is 11.7 Å². The molecule has 1 saturated carbocycles. The Morgan fingerprint density at radius 2 is 1.72 bits per heavy atom. The van der Waals surface area contributed by atoms with Gasteiger partial charge >= 0.3 is 0 Å². The molecular weight excluding hydrogens is 464 g/mol. The molecule has 190 valence electrons. The summed E-state index contributed by atoms with van der Waals surface area (Å²) in [5, 5.41) is 14.3. The lowest BCUT2D eigenvalue weighted by Crippen LogP contribution is -2.46. The number of nitrogens with two attached hydrogens (primary N) is 1. The standard InChI is InChI=1S/C24H30N8O4/c25-20(33)19-21(26-17-7-5-16(6-8-17)22(34)31-10-12-36-13-11-31)28-24(30-29-19)27-18-2-1-9-32(14-18)23(35)15-3-4-15/h5-8,15,18H,1-4,9-14H2,(H2,25,33)(H2,26,27,28,30). The van der Waals surface area contributed by atoms with Gasteiger partial charge in [0.05, 0.1) is 13.2 Å². The molecule has 3 aliphatic rings. The molecule has 0 radical (unpaired) electrons. The molecule has 5 rings (SSSR count). The van der Waals surface area contributed by atoms with Gasteiger partial charge in [0.2, 0.25) is 11.9 Å². The molecule has 0 bridgehead atoms. The molecule has 3 fully saturated rings. The number of nitrogens with zero attached hydrogens (tertiary/aromatic N) is 5. The van der Waals surface area contributed by atoms with Crippen LogP contribution in [0.25, 0.3) is 0 Å². The number of primary amides is 1. The SMILES string of the molecule is NC(=O)c1nnc(NC2CCCN(C(=O)C3CC3)C2)nc1Nc1ccc(C(=O)N2CCOCC2)cc1. The fourth-order valence-corrected chi connectivity index (χ4v) is 4.49. The van der Waals surface area contributed by atoms with Crippen molar-refractivity contribution in [3.05, 3.63) is 35.5 Å². The second-order valence-electron chi connectivity index (χ2n) is 9.35. The monoisotopic (exact) mass is 494 g/mol. The molecule has 3 amide bonds. The van der Waals surface area contributed by atoms with Gasteiger partial charge in [0.1, 0.15) is 0 Å². The number of ether oxygens (including phenoxy) is 1. The minimum absolute atomic E-state index is 0.0130. The molecule has 36 heavy (non-hydrogen) atoms. The van der Waals surface area contributed by atoms with Crippen LogP contribution in [-0.2, 0) is 9.53 Å². The highest BCUT2D eigenvalue weighted by molar-refractivity contribution is 5.97. The highest BCUT2D eigenvalue weighted by Gasteiger charge is 2.35. The van der Waals surface area contributed by atoms with Crippen molar-refractivity contribution < 1.29 is 19.1 Å². The fraction of sp³-hybridized carbons (Fsp3) is 0.500. The Bertz CT molecular complexity index is 1130. The lowest BCUT2D eigenvalue weighted by molar-refractivity contribution is -0.133. The number of amides is 3. The Hall–Kier alpha value is -3.80. The first-order chi connectivity index (χ1) is 17.5. The fourth-order valence-electron chi connectivity index (χ4n) is 4.49. The van der Waals surface area contributed by atoms with E-state index >= 15 is 0 Å². The summed E-state index contributed by atoms with van der Waals surface area (Å²) in [6, 6.07) is 6.88. The van der Waals surface area contributed by atoms with Crippen LogP contribution in [0.15, 0.2) is 24.3 Å². The second-order valence-corrected chi connectivity index (χ2v) is 9.35. The third-order valence-electron chi connectivity index (χ3n) is 6.61. The molecule has 1 aromatic carbocycles. The first kappa shape index (κ1) is 23.9. The minimum Gasteiger partial charge on any atom is -0.378 e. The molecule has 2 aliphatic heterocycles. The Morgan fingerprint density at radius 3 is 2.42 bits per heavy atom. The number of piperidine rings is 1. The molecule has 1 unspecified atom stereocenters. The summed E-state index contributed by atoms with van der Waals surface area (Å²) in [7, 11) is 0. The van der Waals surface area contributed by atoms with E-state index in [9.17, 15) is 14.4 Å². The summed E-state index contributed by atoms with van der Waals surface area (Å²) < 4.78 is 5.30. The van der Waals surface area contributed by atoms with Gasteiger partial charge in [-0.3, -0.25) is 14.4 Å². The Balaban J connectivity index is 1.27. The summed E-state index contributed by atoms with van der Waals surface area (Å²) in [4.78, 5) is 45.2. The number of aromatic nitrogens is 3. The first-order valence-electron chi connectivity index (χ1n) is 12.3. The third-order valence-corrected chi connectivity index (χ3v) is 6.61. The van der Waals surface area contributed by atoms with E-state index in [1.165, 1.54) is 0 Å². The third kappa shape index (κ3) is 5.54. The zero-order valence-corrected chi connectivity index (χ0v) is 20.0. The molecule has 3 heterocycles. The molecule has 2 saturated heterocycles. The highest BCUT2D eigenvalue weighted by Crippen LogP contribution is 2.32. The van der Waals surface area contributed by atoms with E-state index in [-0.39, 0.29) is 41.2 Å². The molecular formula is C24H30N8O4. The Morgan fingerprint density at radius 1 is 0.972 bits per heavy atom. The van der Waals surface area contributed by atoms with Crippen LogP contribution in [0.5, 0.6) is 0 Å². The summed E-state index contributed by atoms with van der Waals surface area (Å²) in [5.41, 5.74) is 6.57. The molecule has 4 N–H and O–H groups in total. The number of rotatable bonds is 7. The van der Waals surface area contributed by atoms with E-state index in [1.54, 1.807) is 29.2 Å². The van der Waals surface area contributed by atoms with Crippen LogP contribution in [0.1, 0.15) is 46.5 Å². The van der Waals surface area contributed by atoms with Crippen LogP contribution in [0.2, 0.25) is 0 Å². The number of hydrogen-bond donors (Lipinski definition) is 3. The maximum atomic E-state index is 12.7. The molecule has 0 spiro atoms. The van der Waals surface area contributed by atoms with Gasteiger partial charge in [-0.1, -0.05) is 0 Å². The van der Waals surface area contributed by atoms with Gasteiger partial charge in [-0.15, -0.1) is 10.2 Å². The number of anilines is 3. The Labute approximate surface area is 208 Å². The average molecular weight is 495 g/mol. The van der Waals surface area contributed by atoms with Crippen molar-refractivity contribution in [1.82, 2.24) is 25.0 Å². The van der Waals surface area contributed by atoms with Gasteiger partial charge in [0.25, 0.3) is 11.8 Å². The van der Waals surface area contributed by atoms with Crippen LogP contribution in [0.3, 0.4) is 0 Å². The quantitative estimate of drug-likeness (QED) is 0.511. The predicted molar refractivity (Wildman–Crippen MR) is 131 cm³/mol. The second kappa shape index (κ2) is 10.4. The zero-order chi connectivity index (χ0) is 25.1. The predicted octanol–water partition coefficient (Wildman–Crippen LogP) is 0.999. The van der Waals surface area contributed by atoms with Crippen LogP contribution >= 0.6 is 0 Å². The number of hydrogen-bond acceptors (Lipinski definition) is 9. The van der Waals surface area contributed by atoms with E-state index in [4.69, 9.17) is 10.5 Å². The van der Waals surface area contributed by atoms with E-state index in [0.717, 1.165) is 32.2 Å². The maximum absolute atomic E-state index is 12.7. The molecule has 1 aromatic heterocycles. The van der Waals surface area contributed by atoms with Crippen LogP contribution in [0, 0.1) is 5.92 Å². The number of nitrogens with one attached hydrogen (secondary N) is 2. The minimum atomic E-state index is -0.762. The molecule has 1 aliphatic carbocycles. The van der Waals surface area contributed by atoms with Crippen LogP contribution < -0.4 is 16.4 Å². The van der Waals surface area contributed by atoms with Crippen LogP contribution in [-0.4, -0.2) is 88.1 Å². The van der Waals surface area contributed by atoms with Gasteiger partial charge in [-0.2, -0.15) is 4.98 Å². The average Bonchev–Trinajstić information content (AvgIpc) is 3.75. The van der Waals surface area contributed by atoms with E-state index in [2.05, 4.69) is 25.8 Å². The van der Waals surface area contributed by atoms with Gasteiger partial charge in [-0.05, 0) is 49.9 Å². The number of carbonyl (C=O) groups excluding carboxylic acids is 3. The topological polar surface area (TPSA) is 156 Å². The van der Waals surface area contributed by atoms with E-state index in [0.29, 0.717) is 44.1 Å².